The molecule has 1 heterocycles. The molecule has 6 heteroatoms. The lowest BCUT2D eigenvalue weighted by molar-refractivity contribution is 0.730. The van der Waals surface area contributed by atoms with Crippen LogP contribution in [0.3, 0.4) is 0 Å². The highest BCUT2D eigenvalue weighted by Gasteiger charge is 2.04. The standard InChI is InChI=1S/C13H14N4S2/c1-16-13(18)17(12(15-16)19-2)14-10-6-9-11-7-4-3-5-8-11/h3-10H,1-2H3/b9-6+,14-10+. The van der Waals surface area contributed by atoms with Gasteiger partial charge in [0.2, 0.25) is 9.93 Å². The van der Waals surface area contributed by atoms with Crippen LogP contribution in [-0.2, 0) is 7.05 Å². The van der Waals surface area contributed by atoms with Crippen molar-refractivity contribution in [3.63, 3.8) is 0 Å². The van der Waals surface area contributed by atoms with Gasteiger partial charge in [0.1, 0.15) is 0 Å². The highest BCUT2D eigenvalue weighted by atomic mass is 32.2. The first-order valence-corrected chi connectivity index (χ1v) is 7.32. The molecule has 1 aromatic carbocycles. The van der Waals surface area contributed by atoms with Crippen molar-refractivity contribution in [1.29, 1.82) is 0 Å². The molecule has 0 spiro atoms. The summed E-state index contributed by atoms with van der Waals surface area (Å²) in [4.78, 5) is 0. The van der Waals surface area contributed by atoms with Crippen molar-refractivity contribution in [3.05, 3.63) is 46.7 Å². The molecule has 1 aromatic heterocycles. The summed E-state index contributed by atoms with van der Waals surface area (Å²) >= 11 is 6.75. The molecule has 0 radical (unpaired) electrons. The molecular formula is C13H14N4S2. The Morgan fingerprint density at radius 1 is 1.32 bits per heavy atom. The van der Waals surface area contributed by atoms with Gasteiger partial charge in [0.25, 0.3) is 0 Å². The molecule has 0 saturated carbocycles. The van der Waals surface area contributed by atoms with Gasteiger partial charge in [0.05, 0.1) is 0 Å². The average molecular weight is 290 g/mol. The van der Waals surface area contributed by atoms with E-state index < -0.39 is 0 Å². The van der Waals surface area contributed by atoms with Crippen LogP contribution < -0.4 is 0 Å². The van der Waals surface area contributed by atoms with E-state index >= 15 is 0 Å². The normalized spacial score (nSPS) is 11.7. The minimum Gasteiger partial charge on any atom is -0.239 e. The first kappa shape index (κ1) is 13.8. The fourth-order valence-electron chi connectivity index (χ4n) is 1.48. The first-order chi connectivity index (χ1) is 9.22. The van der Waals surface area contributed by atoms with Crippen LogP contribution in [0.5, 0.6) is 0 Å². The first-order valence-electron chi connectivity index (χ1n) is 5.68. The van der Waals surface area contributed by atoms with E-state index in [1.165, 1.54) is 11.8 Å². The maximum atomic E-state index is 5.24. The summed E-state index contributed by atoms with van der Waals surface area (Å²) in [5.74, 6) is 0. The minimum absolute atomic E-state index is 0.578. The molecule has 0 aliphatic heterocycles. The number of hydrogen-bond acceptors (Lipinski definition) is 4. The lowest BCUT2D eigenvalue weighted by Crippen LogP contribution is -1.92. The van der Waals surface area contributed by atoms with Crippen molar-refractivity contribution < 1.29 is 0 Å². The number of nitrogens with zero attached hydrogens (tertiary/aromatic N) is 4. The van der Waals surface area contributed by atoms with Gasteiger partial charge in [-0.2, -0.15) is 9.78 Å². The predicted molar refractivity (Wildman–Crippen MR) is 83.2 cm³/mol. The van der Waals surface area contributed by atoms with Gasteiger partial charge < -0.3 is 0 Å². The average Bonchev–Trinajstić information content (AvgIpc) is 2.72. The zero-order valence-electron chi connectivity index (χ0n) is 10.7. The van der Waals surface area contributed by atoms with Crippen LogP contribution in [-0.4, -0.2) is 26.9 Å². The maximum absolute atomic E-state index is 5.24. The zero-order chi connectivity index (χ0) is 13.7. The Morgan fingerprint density at radius 3 is 2.74 bits per heavy atom. The molecule has 2 rings (SSSR count). The Hall–Kier alpha value is -1.66. The van der Waals surface area contributed by atoms with Gasteiger partial charge >= 0.3 is 0 Å². The summed E-state index contributed by atoms with van der Waals surface area (Å²) in [6.07, 6.45) is 7.53. The molecule has 0 aliphatic rings. The van der Waals surface area contributed by atoms with Crippen LogP contribution in [0.1, 0.15) is 5.56 Å². The molecule has 0 N–H and O–H groups in total. The Labute approximate surface area is 121 Å². The van der Waals surface area contributed by atoms with E-state index in [0.29, 0.717) is 4.77 Å². The molecule has 0 unspecified atom stereocenters. The molecule has 2 aromatic rings. The maximum Gasteiger partial charge on any atom is 0.219 e. The summed E-state index contributed by atoms with van der Waals surface area (Å²) in [7, 11) is 1.81. The summed E-state index contributed by atoms with van der Waals surface area (Å²) in [5, 5.41) is 9.35. The van der Waals surface area contributed by atoms with E-state index in [2.05, 4.69) is 10.2 Å². The van der Waals surface area contributed by atoms with Crippen LogP contribution in [0.25, 0.3) is 6.08 Å². The summed E-state index contributed by atoms with van der Waals surface area (Å²) < 4.78 is 3.86. The SMILES string of the molecule is CSc1nn(C)c(=S)n1/N=C/C=C/c1ccccc1. The number of aromatic nitrogens is 3. The second-order valence-corrected chi connectivity index (χ2v) is 4.88. The molecule has 0 aliphatic carbocycles. The van der Waals surface area contributed by atoms with Gasteiger partial charge in [-0.1, -0.05) is 48.2 Å². The fraction of sp³-hybridized carbons (Fsp3) is 0.154. The molecule has 0 amide bonds. The molecular weight excluding hydrogens is 276 g/mol. The van der Waals surface area contributed by atoms with Gasteiger partial charge in [-0.15, -0.1) is 5.10 Å². The molecule has 4 nitrogen and oxygen atoms in total. The molecule has 0 bridgehead atoms. The van der Waals surface area contributed by atoms with E-state index in [-0.39, 0.29) is 0 Å². The van der Waals surface area contributed by atoms with Crippen LogP contribution >= 0.6 is 24.0 Å². The Morgan fingerprint density at radius 2 is 2.05 bits per heavy atom. The smallest absolute Gasteiger partial charge is 0.219 e. The van der Waals surface area contributed by atoms with Crippen molar-refractivity contribution >= 4 is 36.3 Å². The van der Waals surface area contributed by atoms with Crippen LogP contribution in [0, 0.1) is 4.77 Å². The number of benzene rings is 1. The molecule has 19 heavy (non-hydrogen) atoms. The zero-order valence-corrected chi connectivity index (χ0v) is 12.4. The van der Waals surface area contributed by atoms with Crippen molar-refractivity contribution in [1.82, 2.24) is 14.5 Å². The third-order valence-corrected chi connectivity index (χ3v) is 3.47. The van der Waals surface area contributed by atoms with Gasteiger partial charge in [0, 0.05) is 13.3 Å². The lowest BCUT2D eigenvalue weighted by Gasteiger charge is -1.94. The molecule has 98 valence electrons. The quantitative estimate of drug-likeness (QED) is 0.493. The topological polar surface area (TPSA) is 35.1 Å². The van der Waals surface area contributed by atoms with E-state index in [0.717, 1.165) is 10.7 Å². The van der Waals surface area contributed by atoms with Gasteiger partial charge in [-0.25, -0.2) is 4.68 Å². The second kappa shape index (κ2) is 6.49. The largest absolute Gasteiger partial charge is 0.239 e. The minimum atomic E-state index is 0.578. The number of rotatable bonds is 4. The van der Waals surface area contributed by atoms with E-state index in [4.69, 9.17) is 12.2 Å². The highest BCUT2D eigenvalue weighted by Crippen LogP contribution is 2.12. The van der Waals surface area contributed by atoms with Crippen molar-refractivity contribution in [2.24, 2.45) is 12.1 Å². The van der Waals surface area contributed by atoms with Crippen molar-refractivity contribution in [2.75, 3.05) is 6.26 Å². The third kappa shape index (κ3) is 3.42. The van der Waals surface area contributed by atoms with Gasteiger partial charge in [-0.3, -0.25) is 0 Å². The number of thioether (sulfide) groups is 1. The van der Waals surface area contributed by atoms with Gasteiger partial charge in [0.15, 0.2) is 0 Å². The Bertz CT molecular complexity index is 653. The lowest BCUT2D eigenvalue weighted by atomic mass is 10.2. The van der Waals surface area contributed by atoms with Crippen LogP contribution in [0.2, 0.25) is 0 Å². The highest BCUT2D eigenvalue weighted by molar-refractivity contribution is 7.98. The summed E-state index contributed by atoms with van der Waals surface area (Å²) in [6, 6.07) is 10.1. The molecule has 0 atom stereocenters. The number of aryl methyl sites for hydroxylation is 1. The second-order valence-electron chi connectivity index (χ2n) is 3.74. The van der Waals surface area contributed by atoms with Crippen LogP contribution in [0.15, 0.2) is 46.7 Å². The Balaban J connectivity index is 2.16. The third-order valence-electron chi connectivity index (χ3n) is 2.41. The van der Waals surface area contributed by atoms with E-state index in [1.807, 2.05) is 55.8 Å². The van der Waals surface area contributed by atoms with E-state index in [9.17, 15) is 0 Å². The van der Waals surface area contributed by atoms with Crippen LogP contribution in [0.4, 0.5) is 0 Å². The summed E-state index contributed by atoms with van der Waals surface area (Å²) in [5.41, 5.74) is 1.13. The molecule has 0 fully saturated rings. The Kier molecular flexibility index (Phi) is 4.70. The predicted octanol–water partition coefficient (Wildman–Crippen LogP) is 3.22. The van der Waals surface area contributed by atoms with Gasteiger partial charge in [-0.05, 0) is 30.1 Å². The number of allylic oxidation sites excluding steroid dienone is 1. The fourth-order valence-corrected chi connectivity index (χ4v) is 2.22. The summed E-state index contributed by atoms with van der Waals surface area (Å²) in [6.45, 7) is 0. The van der Waals surface area contributed by atoms with Crippen molar-refractivity contribution in [3.8, 4) is 0 Å². The number of hydrogen-bond donors (Lipinski definition) is 0. The van der Waals surface area contributed by atoms with Crippen molar-refractivity contribution in [2.45, 2.75) is 5.16 Å². The molecule has 0 saturated heterocycles. The monoisotopic (exact) mass is 290 g/mol. The van der Waals surface area contributed by atoms with E-state index in [1.54, 1.807) is 15.6 Å².